The van der Waals surface area contributed by atoms with E-state index in [0.29, 0.717) is 34.1 Å². The Morgan fingerprint density at radius 3 is 2.63 bits per heavy atom. The first kappa shape index (κ1) is 19.9. The van der Waals surface area contributed by atoms with Gasteiger partial charge in [-0.15, -0.1) is 11.3 Å². The molecule has 0 atom stereocenters. The number of nitrogens with one attached hydrogen (secondary N) is 1. The maximum atomic E-state index is 13.7. The van der Waals surface area contributed by atoms with Crippen LogP contribution in [0.1, 0.15) is 32.1 Å². The van der Waals surface area contributed by atoms with Crippen LogP contribution in [-0.4, -0.2) is 16.0 Å². The number of hydrogen-bond donors (Lipinski definition) is 1. The lowest BCUT2D eigenvalue weighted by Crippen LogP contribution is -2.13. The van der Waals surface area contributed by atoms with Crippen molar-refractivity contribution in [2.45, 2.75) is 20.3 Å². The van der Waals surface area contributed by atoms with Crippen LogP contribution in [0.3, 0.4) is 0 Å². The molecular formula is C22H17F2N3O2S. The van der Waals surface area contributed by atoms with Crippen molar-refractivity contribution in [2.75, 3.05) is 5.32 Å². The number of benzene rings is 2. The highest BCUT2D eigenvalue weighted by molar-refractivity contribution is 7.15. The third kappa shape index (κ3) is 4.13. The molecule has 2 aromatic heterocycles. The van der Waals surface area contributed by atoms with E-state index in [2.05, 4.69) is 15.5 Å². The minimum atomic E-state index is -0.421. The average molecular weight is 425 g/mol. The Hall–Kier alpha value is -3.39. The standard InChI is InChI=1S/C22H17F2N3O2S/c1-12-3-4-14(10-18(12)24)9-17-11-25-22(30-17)26-21(28)19-13(2)29-27-20(19)15-5-7-16(23)8-6-15/h3-8,10-11H,9H2,1-2H3,(H,25,26,28). The Labute approximate surface area is 175 Å². The Kier molecular flexibility index (Phi) is 5.41. The minimum absolute atomic E-state index is 0.248. The molecule has 2 aromatic carbocycles. The second-order valence-electron chi connectivity index (χ2n) is 6.82. The summed E-state index contributed by atoms with van der Waals surface area (Å²) >= 11 is 1.31. The van der Waals surface area contributed by atoms with E-state index in [0.717, 1.165) is 10.4 Å². The molecule has 2 heterocycles. The first-order valence-corrected chi connectivity index (χ1v) is 9.95. The summed E-state index contributed by atoms with van der Waals surface area (Å²) in [6.07, 6.45) is 2.16. The quantitative estimate of drug-likeness (QED) is 0.456. The topological polar surface area (TPSA) is 68.0 Å². The fraction of sp³-hybridized carbons (Fsp3) is 0.136. The highest BCUT2D eigenvalue weighted by atomic mass is 32.1. The van der Waals surface area contributed by atoms with Gasteiger partial charge in [0.05, 0.1) is 0 Å². The van der Waals surface area contributed by atoms with Crippen molar-refractivity contribution < 1.29 is 18.1 Å². The lowest BCUT2D eigenvalue weighted by Gasteiger charge is -2.03. The monoisotopic (exact) mass is 425 g/mol. The van der Waals surface area contributed by atoms with Gasteiger partial charge in [0.15, 0.2) is 5.13 Å². The molecule has 30 heavy (non-hydrogen) atoms. The maximum Gasteiger partial charge on any atom is 0.263 e. The molecule has 5 nitrogen and oxygen atoms in total. The van der Waals surface area contributed by atoms with Crippen LogP contribution in [0.15, 0.2) is 53.2 Å². The van der Waals surface area contributed by atoms with Gasteiger partial charge in [0.2, 0.25) is 0 Å². The minimum Gasteiger partial charge on any atom is -0.360 e. The lowest BCUT2D eigenvalue weighted by atomic mass is 10.1. The summed E-state index contributed by atoms with van der Waals surface area (Å²) < 4.78 is 32.1. The van der Waals surface area contributed by atoms with Gasteiger partial charge in [0, 0.05) is 23.1 Å². The predicted molar refractivity (Wildman–Crippen MR) is 111 cm³/mol. The summed E-state index contributed by atoms with van der Waals surface area (Å²) in [5.41, 5.74) is 2.58. The fourth-order valence-corrected chi connectivity index (χ4v) is 3.84. The van der Waals surface area contributed by atoms with E-state index in [9.17, 15) is 13.6 Å². The number of aryl methyl sites for hydroxylation is 2. The Morgan fingerprint density at radius 2 is 1.90 bits per heavy atom. The highest BCUT2D eigenvalue weighted by Gasteiger charge is 2.22. The molecule has 0 aliphatic carbocycles. The molecule has 4 rings (SSSR count). The molecule has 0 radical (unpaired) electrons. The van der Waals surface area contributed by atoms with Crippen molar-refractivity contribution in [1.82, 2.24) is 10.1 Å². The van der Waals surface area contributed by atoms with E-state index < -0.39 is 5.91 Å². The first-order chi connectivity index (χ1) is 14.4. The van der Waals surface area contributed by atoms with Crippen molar-refractivity contribution in [2.24, 2.45) is 0 Å². The molecule has 0 saturated heterocycles. The van der Waals surface area contributed by atoms with Crippen molar-refractivity contribution in [3.05, 3.63) is 87.6 Å². The number of amides is 1. The average Bonchev–Trinajstić information content (AvgIpc) is 3.31. The first-order valence-electron chi connectivity index (χ1n) is 9.14. The number of carbonyl (C=O) groups excluding carboxylic acids is 1. The molecule has 0 bridgehead atoms. The second-order valence-corrected chi connectivity index (χ2v) is 7.93. The zero-order valence-electron chi connectivity index (χ0n) is 16.2. The highest BCUT2D eigenvalue weighted by Crippen LogP contribution is 2.28. The third-order valence-electron chi connectivity index (χ3n) is 4.60. The van der Waals surface area contributed by atoms with Crippen LogP contribution in [0.2, 0.25) is 0 Å². The summed E-state index contributed by atoms with van der Waals surface area (Å²) in [6, 6.07) is 10.8. The number of carbonyl (C=O) groups is 1. The van der Waals surface area contributed by atoms with Crippen LogP contribution in [0, 0.1) is 25.5 Å². The summed E-state index contributed by atoms with van der Waals surface area (Å²) in [6.45, 7) is 3.35. The maximum absolute atomic E-state index is 13.7. The van der Waals surface area contributed by atoms with E-state index in [1.807, 2.05) is 6.07 Å². The van der Waals surface area contributed by atoms with Gasteiger partial charge < -0.3 is 4.52 Å². The number of halogens is 2. The fourth-order valence-electron chi connectivity index (χ4n) is 3.00. The van der Waals surface area contributed by atoms with Crippen LogP contribution in [0.4, 0.5) is 13.9 Å². The van der Waals surface area contributed by atoms with Crippen molar-refractivity contribution in [3.8, 4) is 11.3 Å². The van der Waals surface area contributed by atoms with Gasteiger partial charge in [0.25, 0.3) is 5.91 Å². The SMILES string of the molecule is Cc1ccc(Cc2cnc(NC(=O)c3c(-c4ccc(F)cc4)noc3C)s2)cc1F. The van der Waals surface area contributed by atoms with Gasteiger partial charge in [0.1, 0.15) is 28.7 Å². The van der Waals surface area contributed by atoms with E-state index in [4.69, 9.17) is 4.52 Å². The largest absolute Gasteiger partial charge is 0.360 e. The van der Waals surface area contributed by atoms with Gasteiger partial charge in [-0.05, 0) is 55.3 Å². The number of hydrogen-bond acceptors (Lipinski definition) is 5. The molecule has 0 spiro atoms. The molecule has 0 unspecified atom stereocenters. The van der Waals surface area contributed by atoms with Gasteiger partial charge in [-0.1, -0.05) is 17.3 Å². The van der Waals surface area contributed by atoms with Crippen LogP contribution in [0.5, 0.6) is 0 Å². The molecule has 8 heteroatoms. The zero-order chi connectivity index (χ0) is 21.3. The number of thiazole rings is 1. The molecule has 0 fully saturated rings. The zero-order valence-corrected chi connectivity index (χ0v) is 17.0. The van der Waals surface area contributed by atoms with Crippen LogP contribution in [0.25, 0.3) is 11.3 Å². The predicted octanol–water partition coefficient (Wildman–Crippen LogP) is 5.54. The van der Waals surface area contributed by atoms with Gasteiger partial charge >= 0.3 is 0 Å². The van der Waals surface area contributed by atoms with Crippen LogP contribution >= 0.6 is 11.3 Å². The number of aromatic nitrogens is 2. The summed E-state index contributed by atoms with van der Waals surface area (Å²) in [5.74, 6) is -0.704. The van der Waals surface area contributed by atoms with Gasteiger partial charge in [-0.3, -0.25) is 10.1 Å². The van der Waals surface area contributed by atoms with E-state index in [1.54, 1.807) is 26.1 Å². The summed E-state index contributed by atoms with van der Waals surface area (Å²) in [4.78, 5) is 18.0. The van der Waals surface area contributed by atoms with E-state index in [-0.39, 0.29) is 17.2 Å². The van der Waals surface area contributed by atoms with Crippen LogP contribution in [-0.2, 0) is 6.42 Å². The molecule has 1 N–H and O–H groups in total. The van der Waals surface area contributed by atoms with Crippen molar-refractivity contribution in [3.63, 3.8) is 0 Å². The number of nitrogens with zero attached hydrogens (tertiary/aromatic N) is 2. The van der Waals surface area contributed by atoms with Gasteiger partial charge in [-0.2, -0.15) is 0 Å². The van der Waals surface area contributed by atoms with Gasteiger partial charge in [-0.25, -0.2) is 13.8 Å². The molecule has 0 aliphatic rings. The number of rotatable bonds is 5. The van der Waals surface area contributed by atoms with Crippen molar-refractivity contribution in [1.29, 1.82) is 0 Å². The molecule has 1 amide bonds. The van der Waals surface area contributed by atoms with Crippen LogP contribution < -0.4 is 5.32 Å². The third-order valence-corrected chi connectivity index (χ3v) is 5.51. The summed E-state index contributed by atoms with van der Waals surface area (Å²) in [7, 11) is 0. The Bertz CT molecular complexity index is 1220. The van der Waals surface area contributed by atoms with E-state index in [1.165, 1.54) is 41.7 Å². The molecule has 4 aromatic rings. The number of anilines is 1. The molecular weight excluding hydrogens is 408 g/mol. The Balaban J connectivity index is 1.52. The second kappa shape index (κ2) is 8.16. The lowest BCUT2D eigenvalue weighted by molar-refractivity contribution is 0.102. The summed E-state index contributed by atoms with van der Waals surface area (Å²) in [5, 5.41) is 7.11. The normalized spacial score (nSPS) is 10.9. The van der Waals surface area contributed by atoms with Crippen molar-refractivity contribution >= 4 is 22.4 Å². The van der Waals surface area contributed by atoms with E-state index >= 15 is 0 Å². The Morgan fingerprint density at radius 1 is 1.13 bits per heavy atom. The molecule has 0 saturated carbocycles. The smallest absolute Gasteiger partial charge is 0.263 e. The molecule has 152 valence electrons. The molecule has 0 aliphatic heterocycles.